The summed E-state index contributed by atoms with van der Waals surface area (Å²) < 4.78 is 0. The van der Waals surface area contributed by atoms with Crippen molar-refractivity contribution in [3.8, 4) is 0 Å². The van der Waals surface area contributed by atoms with E-state index >= 15 is 0 Å². The second kappa shape index (κ2) is 5.23. The molecule has 0 saturated heterocycles. The van der Waals surface area contributed by atoms with Crippen molar-refractivity contribution in [3.63, 3.8) is 0 Å². The van der Waals surface area contributed by atoms with Crippen LogP contribution in [-0.2, 0) is 18.3 Å². The third-order valence-electron chi connectivity index (χ3n) is 4.22. The molecule has 3 heteroatoms. The minimum atomic E-state index is -0.214. The first kappa shape index (κ1) is 14.2. The van der Waals surface area contributed by atoms with Gasteiger partial charge < -0.3 is 15.4 Å². The Kier molecular flexibility index (Phi) is 3.54. The molecule has 112 valence electrons. The summed E-state index contributed by atoms with van der Waals surface area (Å²) >= 11 is 0. The maximum atomic E-state index is 9.92. The topological polar surface area (TPSA) is 48.0 Å². The summed E-state index contributed by atoms with van der Waals surface area (Å²) in [6.07, 6.45) is 2.36. The first-order valence-corrected chi connectivity index (χ1v) is 7.69. The van der Waals surface area contributed by atoms with E-state index < -0.39 is 0 Å². The number of hydrogen-bond acceptors (Lipinski definition) is 2. The van der Waals surface area contributed by atoms with E-state index in [1.54, 1.807) is 0 Å². The van der Waals surface area contributed by atoms with E-state index in [0.717, 1.165) is 30.8 Å². The zero-order valence-corrected chi connectivity index (χ0v) is 13.0. The van der Waals surface area contributed by atoms with Gasteiger partial charge in [0.1, 0.15) is 5.82 Å². The van der Waals surface area contributed by atoms with Crippen molar-refractivity contribution >= 4 is 11.5 Å². The Morgan fingerprint density at radius 3 is 2.71 bits per heavy atom. The lowest BCUT2D eigenvalue weighted by Crippen LogP contribution is -2.19. The lowest BCUT2D eigenvalue weighted by atomic mass is 9.88. The molecule has 0 amide bonds. The van der Waals surface area contributed by atoms with Crippen molar-refractivity contribution in [2.24, 2.45) is 0 Å². The molecular weight excluding hydrogens is 260 g/mol. The molecule has 0 saturated carbocycles. The van der Waals surface area contributed by atoms with Crippen molar-refractivity contribution in [2.75, 3.05) is 5.32 Å². The van der Waals surface area contributed by atoms with Crippen LogP contribution in [0.5, 0.6) is 0 Å². The van der Waals surface area contributed by atoms with Crippen LogP contribution in [0.25, 0.3) is 0 Å². The summed E-state index contributed by atoms with van der Waals surface area (Å²) in [6, 6.07) is 10.6. The molecule has 1 aromatic heterocycles. The molecule has 0 radical (unpaired) electrons. The smallest absolute Gasteiger partial charge is 0.107 e. The van der Waals surface area contributed by atoms with Gasteiger partial charge in [0.25, 0.3) is 0 Å². The number of hydrogen-bond donors (Lipinski definition) is 3. The monoisotopic (exact) mass is 284 g/mol. The molecule has 1 unspecified atom stereocenters. The summed E-state index contributed by atoms with van der Waals surface area (Å²) in [5, 5.41) is 13.4. The number of anilines is 2. The average Bonchev–Trinajstić information content (AvgIpc) is 2.88. The molecule has 1 atom stereocenters. The summed E-state index contributed by atoms with van der Waals surface area (Å²) in [7, 11) is 0. The number of H-pyrrole nitrogens is 1. The number of benzene rings is 1. The lowest BCUT2D eigenvalue weighted by Gasteiger charge is -2.23. The summed E-state index contributed by atoms with van der Waals surface area (Å²) in [5.74, 6) is 1.01. The fraction of sp³-hybridized carbons (Fsp3) is 0.444. The Morgan fingerprint density at radius 1 is 1.19 bits per heavy atom. The van der Waals surface area contributed by atoms with Crippen LogP contribution in [0.2, 0.25) is 0 Å². The number of aryl methyl sites for hydroxylation is 1. The van der Waals surface area contributed by atoms with E-state index in [1.807, 2.05) is 0 Å². The van der Waals surface area contributed by atoms with E-state index in [2.05, 4.69) is 61.4 Å². The van der Waals surface area contributed by atoms with E-state index in [0.29, 0.717) is 0 Å². The second-order valence-electron chi connectivity index (χ2n) is 7.00. The van der Waals surface area contributed by atoms with Gasteiger partial charge in [-0.05, 0) is 42.2 Å². The standard InChI is InChI=1S/C18H24N2O/c1-18(2,3)16-9-10-17(20-16)19-15-6-4-5-12-7-8-13(21)11-14(12)15/h4-6,9-10,13,19-21H,7-8,11H2,1-3H3. The first-order valence-electron chi connectivity index (χ1n) is 7.69. The van der Waals surface area contributed by atoms with Crippen LogP contribution in [0, 0.1) is 0 Å². The predicted octanol–water partition coefficient (Wildman–Crippen LogP) is 3.91. The van der Waals surface area contributed by atoms with Crippen molar-refractivity contribution in [1.29, 1.82) is 0 Å². The van der Waals surface area contributed by atoms with Crippen molar-refractivity contribution in [2.45, 2.75) is 51.6 Å². The fourth-order valence-electron chi connectivity index (χ4n) is 2.94. The van der Waals surface area contributed by atoms with Crippen molar-refractivity contribution < 1.29 is 5.11 Å². The highest BCUT2D eigenvalue weighted by Gasteiger charge is 2.20. The van der Waals surface area contributed by atoms with Gasteiger partial charge in [-0.2, -0.15) is 0 Å². The zero-order valence-electron chi connectivity index (χ0n) is 13.0. The van der Waals surface area contributed by atoms with E-state index in [9.17, 15) is 5.11 Å². The van der Waals surface area contributed by atoms with Crippen LogP contribution >= 0.6 is 0 Å². The molecule has 3 nitrogen and oxygen atoms in total. The Balaban J connectivity index is 1.87. The van der Waals surface area contributed by atoms with E-state index in [-0.39, 0.29) is 11.5 Å². The number of aromatic nitrogens is 1. The van der Waals surface area contributed by atoms with Gasteiger partial charge in [-0.25, -0.2) is 0 Å². The van der Waals surface area contributed by atoms with Crippen LogP contribution in [0.4, 0.5) is 11.5 Å². The maximum absolute atomic E-state index is 9.92. The van der Waals surface area contributed by atoms with Gasteiger partial charge in [-0.3, -0.25) is 0 Å². The molecule has 2 aromatic rings. The highest BCUT2D eigenvalue weighted by atomic mass is 16.3. The fourth-order valence-corrected chi connectivity index (χ4v) is 2.94. The largest absolute Gasteiger partial charge is 0.393 e. The van der Waals surface area contributed by atoms with Gasteiger partial charge in [0, 0.05) is 23.2 Å². The summed E-state index contributed by atoms with van der Waals surface area (Å²) in [5.41, 5.74) is 5.05. The second-order valence-corrected chi connectivity index (χ2v) is 7.00. The van der Waals surface area contributed by atoms with E-state index in [1.165, 1.54) is 16.8 Å². The molecule has 0 spiro atoms. The number of aliphatic hydroxyl groups excluding tert-OH is 1. The van der Waals surface area contributed by atoms with Crippen molar-refractivity contribution in [3.05, 3.63) is 47.2 Å². The molecule has 3 N–H and O–H groups in total. The quantitative estimate of drug-likeness (QED) is 0.783. The minimum Gasteiger partial charge on any atom is -0.393 e. The van der Waals surface area contributed by atoms with Crippen LogP contribution < -0.4 is 5.32 Å². The Bertz CT molecular complexity index is 637. The van der Waals surface area contributed by atoms with Gasteiger partial charge in [0.15, 0.2) is 0 Å². The van der Waals surface area contributed by atoms with Crippen LogP contribution in [-0.4, -0.2) is 16.2 Å². The number of fused-ring (bicyclic) bond motifs is 1. The minimum absolute atomic E-state index is 0.117. The number of nitrogens with one attached hydrogen (secondary N) is 2. The van der Waals surface area contributed by atoms with Crippen LogP contribution in [0.15, 0.2) is 30.3 Å². The van der Waals surface area contributed by atoms with Gasteiger partial charge in [0.05, 0.1) is 6.10 Å². The molecule has 1 heterocycles. The zero-order chi connectivity index (χ0) is 15.0. The molecular formula is C18H24N2O. The summed E-state index contributed by atoms with van der Waals surface area (Å²) in [4.78, 5) is 3.45. The Hall–Kier alpha value is -1.74. The predicted molar refractivity (Wildman–Crippen MR) is 87.2 cm³/mol. The molecule has 3 rings (SSSR count). The Morgan fingerprint density at radius 2 is 2.00 bits per heavy atom. The average molecular weight is 284 g/mol. The highest BCUT2D eigenvalue weighted by Crippen LogP contribution is 2.31. The molecule has 21 heavy (non-hydrogen) atoms. The number of aliphatic hydroxyl groups is 1. The molecule has 1 aliphatic rings. The molecule has 0 bridgehead atoms. The molecule has 1 aromatic carbocycles. The summed E-state index contributed by atoms with van der Waals surface area (Å²) in [6.45, 7) is 6.59. The van der Waals surface area contributed by atoms with Gasteiger partial charge >= 0.3 is 0 Å². The van der Waals surface area contributed by atoms with Crippen LogP contribution in [0.3, 0.4) is 0 Å². The number of rotatable bonds is 2. The third-order valence-corrected chi connectivity index (χ3v) is 4.22. The normalized spacial score (nSPS) is 18.4. The number of aromatic amines is 1. The molecule has 0 fully saturated rings. The molecule has 0 aliphatic heterocycles. The molecule has 1 aliphatic carbocycles. The SMILES string of the molecule is CC(C)(C)c1ccc(Nc2cccc3c2CC(O)CC3)[nH]1. The Labute approximate surface area is 126 Å². The van der Waals surface area contributed by atoms with Gasteiger partial charge in [-0.1, -0.05) is 32.9 Å². The van der Waals surface area contributed by atoms with Gasteiger partial charge in [-0.15, -0.1) is 0 Å². The third kappa shape index (κ3) is 2.98. The first-order chi connectivity index (χ1) is 9.93. The lowest BCUT2D eigenvalue weighted by molar-refractivity contribution is 0.159. The highest BCUT2D eigenvalue weighted by molar-refractivity contribution is 5.63. The van der Waals surface area contributed by atoms with Crippen molar-refractivity contribution in [1.82, 2.24) is 4.98 Å². The maximum Gasteiger partial charge on any atom is 0.107 e. The van der Waals surface area contributed by atoms with E-state index in [4.69, 9.17) is 0 Å². The van der Waals surface area contributed by atoms with Crippen LogP contribution in [0.1, 0.15) is 44.0 Å². The van der Waals surface area contributed by atoms with Gasteiger partial charge in [0.2, 0.25) is 0 Å².